The molecule has 0 fully saturated rings. The third kappa shape index (κ3) is 5.32. The van der Waals surface area contributed by atoms with Gasteiger partial charge < -0.3 is 14.3 Å². The minimum absolute atomic E-state index is 0.0307. The summed E-state index contributed by atoms with van der Waals surface area (Å²) in [6, 6.07) is 7.77. The van der Waals surface area contributed by atoms with Crippen LogP contribution in [0.2, 0.25) is 0 Å². The number of aldehydes is 1. The number of rotatable bonds is 9. The molecule has 0 heterocycles. The molecule has 1 aromatic carbocycles. The molecule has 0 N–H and O–H groups in total. The number of methoxy groups -OCH3 is 1. The van der Waals surface area contributed by atoms with Gasteiger partial charge in [-0.2, -0.15) is 0 Å². The van der Waals surface area contributed by atoms with E-state index in [9.17, 15) is 4.79 Å². The van der Waals surface area contributed by atoms with Crippen LogP contribution in [0.4, 0.5) is 0 Å². The molecule has 0 unspecified atom stereocenters. The Balaban J connectivity index is 2.28. The van der Waals surface area contributed by atoms with Crippen LogP contribution in [0.3, 0.4) is 0 Å². The zero-order valence-electron chi connectivity index (χ0n) is 11.2. The number of ether oxygens (including phenoxy) is 2. The highest BCUT2D eigenvalue weighted by Gasteiger charge is 2.06. The van der Waals surface area contributed by atoms with Crippen molar-refractivity contribution in [3.8, 4) is 5.75 Å². The van der Waals surface area contributed by atoms with Gasteiger partial charge in [0.2, 0.25) is 0 Å². The molecule has 3 nitrogen and oxygen atoms in total. The first-order chi connectivity index (χ1) is 8.80. The van der Waals surface area contributed by atoms with Crippen LogP contribution >= 0.6 is 0 Å². The molecule has 0 aliphatic rings. The molecule has 1 aromatic rings. The number of hydrogen-bond donors (Lipinski definition) is 0. The molecule has 3 heteroatoms. The normalized spacial score (nSPS) is 12.1. The minimum atomic E-state index is 0.0307. The topological polar surface area (TPSA) is 35.5 Å². The first kappa shape index (κ1) is 14.7. The van der Waals surface area contributed by atoms with E-state index in [1.165, 1.54) is 0 Å². The molecule has 0 aromatic heterocycles. The molecule has 0 saturated carbocycles. The van der Waals surface area contributed by atoms with Gasteiger partial charge in [-0.3, -0.25) is 0 Å². The lowest BCUT2D eigenvalue weighted by atomic mass is 10.1. The highest BCUT2D eigenvalue weighted by Crippen LogP contribution is 2.13. The SMILES string of the molecule is CCCC[C@H](C=O)COCc1ccc(OC)cc1. The van der Waals surface area contributed by atoms with E-state index in [0.717, 1.165) is 36.9 Å². The van der Waals surface area contributed by atoms with E-state index in [4.69, 9.17) is 9.47 Å². The van der Waals surface area contributed by atoms with Crippen molar-refractivity contribution in [2.24, 2.45) is 5.92 Å². The Hall–Kier alpha value is -1.35. The molecule has 100 valence electrons. The van der Waals surface area contributed by atoms with E-state index >= 15 is 0 Å². The summed E-state index contributed by atoms with van der Waals surface area (Å²) in [6.45, 7) is 3.18. The number of unbranched alkanes of at least 4 members (excludes halogenated alkanes) is 1. The second kappa shape index (κ2) is 8.70. The van der Waals surface area contributed by atoms with Gasteiger partial charge >= 0.3 is 0 Å². The van der Waals surface area contributed by atoms with Crippen molar-refractivity contribution < 1.29 is 14.3 Å². The molecule has 1 atom stereocenters. The summed E-state index contributed by atoms with van der Waals surface area (Å²) >= 11 is 0. The Labute approximate surface area is 109 Å². The fourth-order valence-corrected chi connectivity index (χ4v) is 1.71. The quantitative estimate of drug-likeness (QED) is 0.631. The molecule has 0 aliphatic heterocycles. The molecule has 0 saturated heterocycles. The van der Waals surface area contributed by atoms with Gasteiger partial charge in [-0.1, -0.05) is 31.9 Å². The fourth-order valence-electron chi connectivity index (χ4n) is 1.71. The molecule has 1 rings (SSSR count). The van der Waals surface area contributed by atoms with Crippen LogP contribution < -0.4 is 4.74 Å². The van der Waals surface area contributed by atoms with Crippen LogP contribution in [0, 0.1) is 5.92 Å². The van der Waals surface area contributed by atoms with Gasteiger partial charge in [-0.15, -0.1) is 0 Å². The van der Waals surface area contributed by atoms with Crippen molar-refractivity contribution >= 4 is 6.29 Å². The fraction of sp³-hybridized carbons (Fsp3) is 0.533. The van der Waals surface area contributed by atoms with Crippen LogP contribution in [-0.4, -0.2) is 20.0 Å². The van der Waals surface area contributed by atoms with Crippen molar-refractivity contribution in [2.75, 3.05) is 13.7 Å². The van der Waals surface area contributed by atoms with Gasteiger partial charge in [0.1, 0.15) is 12.0 Å². The monoisotopic (exact) mass is 250 g/mol. The van der Waals surface area contributed by atoms with Gasteiger partial charge in [-0.05, 0) is 24.1 Å². The first-order valence-corrected chi connectivity index (χ1v) is 6.46. The number of carbonyl (C=O) groups excluding carboxylic acids is 1. The third-order valence-corrected chi connectivity index (χ3v) is 2.88. The van der Waals surface area contributed by atoms with Crippen molar-refractivity contribution in [2.45, 2.75) is 32.8 Å². The Morgan fingerprint density at radius 3 is 2.56 bits per heavy atom. The number of carbonyl (C=O) groups is 1. The first-order valence-electron chi connectivity index (χ1n) is 6.46. The summed E-state index contributed by atoms with van der Waals surface area (Å²) in [7, 11) is 1.65. The van der Waals surface area contributed by atoms with Gasteiger partial charge in [0.15, 0.2) is 0 Å². The summed E-state index contributed by atoms with van der Waals surface area (Å²) in [4.78, 5) is 10.8. The van der Waals surface area contributed by atoms with Gasteiger partial charge in [0.05, 0.1) is 20.3 Å². The predicted molar refractivity (Wildman–Crippen MR) is 71.7 cm³/mol. The molecule has 0 radical (unpaired) electrons. The maximum atomic E-state index is 10.8. The Morgan fingerprint density at radius 2 is 2.00 bits per heavy atom. The molecule has 0 bridgehead atoms. The second-order valence-corrected chi connectivity index (χ2v) is 4.40. The number of hydrogen-bond acceptors (Lipinski definition) is 3. The van der Waals surface area contributed by atoms with Gasteiger partial charge in [0.25, 0.3) is 0 Å². The zero-order chi connectivity index (χ0) is 13.2. The van der Waals surface area contributed by atoms with Crippen LogP contribution in [-0.2, 0) is 16.1 Å². The lowest BCUT2D eigenvalue weighted by Crippen LogP contribution is -2.11. The number of benzene rings is 1. The highest BCUT2D eigenvalue weighted by atomic mass is 16.5. The Kier molecular flexibility index (Phi) is 7.11. The van der Waals surface area contributed by atoms with E-state index in [1.54, 1.807) is 7.11 Å². The lowest BCUT2D eigenvalue weighted by Gasteiger charge is -2.10. The molecular formula is C15H22O3. The molecule has 18 heavy (non-hydrogen) atoms. The Bertz CT molecular complexity index is 332. The van der Waals surface area contributed by atoms with Crippen LogP contribution in [0.5, 0.6) is 5.75 Å². The average molecular weight is 250 g/mol. The van der Waals surface area contributed by atoms with Crippen LogP contribution in [0.1, 0.15) is 31.7 Å². The average Bonchev–Trinajstić information content (AvgIpc) is 2.43. The smallest absolute Gasteiger partial charge is 0.125 e. The van der Waals surface area contributed by atoms with Crippen molar-refractivity contribution in [3.05, 3.63) is 29.8 Å². The molecule has 0 amide bonds. The van der Waals surface area contributed by atoms with Crippen LogP contribution in [0.25, 0.3) is 0 Å². The highest BCUT2D eigenvalue weighted by molar-refractivity contribution is 5.53. The van der Waals surface area contributed by atoms with E-state index in [1.807, 2.05) is 24.3 Å². The van der Waals surface area contributed by atoms with Crippen molar-refractivity contribution in [3.63, 3.8) is 0 Å². The lowest BCUT2D eigenvalue weighted by molar-refractivity contribution is -0.113. The zero-order valence-corrected chi connectivity index (χ0v) is 11.2. The molecular weight excluding hydrogens is 228 g/mol. The largest absolute Gasteiger partial charge is 0.497 e. The summed E-state index contributed by atoms with van der Waals surface area (Å²) < 4.78 is 10.7. The van der Waals surface area contributed by atoms with Crippen molar-refractivity contribution in [1.82, 2.24) is 0 Å². The van der Waals surface area contributed by atoms with E-state index in [0.29, 0.717) is 13.2 Å². The maximum Gasteiger partial charge on any atom is 0.125 e. The van der Waals surface area contributed by atoms with E-state index in [-0.39, 0.29) is 5.92 Å². The predicted octanol–water partition coefficient (Wildman–Crippen LogP) is 3.22. The van der Waals surface area contributed by atoms with Crippen molar-refractivity contribution in [1.29, 1.82) is 0 Å². The third-order valence-electron chi connectivity index (χ3n) is 2.88. The summed E-state index contributed by atoms with van der Waals surface area (Å²) in [5, 5.41) is 0. The van der Waals surface area contributed by atoms with E-state index < -0.39 is 0 Å². The second-order valence-electron chi connectivity index (χ2n) is 4.40. The standard InChI is InChI=1S/C15H22O3/c1-3-4-5-14(10-16)12-18-11-13-6-8-15(17-2)9-7-13/h6-10,14H,3-5,11-12H2,1-2H3/t14-/m1/s1. The van der Waals surface area contributed by atoms with Gasteiger partial charge in [0, 0.05) is 5.92 Å². The summed E-state index contributed by atoms with van der Waals surface area (Å²) in [5.41, 5.74) is 1.09. The Morgan fingerprint density at radius 1 is 1.28 bits per heavy atom. The van der Waals surface area contributed by atoms with E-state index in [2.05, 4.69) is 6.92 Å². The summed E-state index contributed by atoms with van der Waals surface area (Å²) in [6.07, 6.45) is 4.12. The maximum absolute atomic E-state index is 10.8. The van der Waals surface area contributed by atoms with Crippen LogP contribution in [0.15, 0.2) is 24.3 Å². The molecule has 0 aliphatic carbocycles. The van der Waals surface area contributed by atoms with Gasteiger partial charge in [-0.25, -0.2) is 0 Å². The molecule has 0 spiro atoms. The minimum Gasteiger partial charge on any atom is -0.497 e. The summed E-state index contributed by atoms with van der Waals surface area (Å²) in [5.74, 6) is 0.871.